The smallest absolute Gasteiger partial charge is 0.160 e. The molecule has 12 rings (SSSR count). The lowest BCUT2D eigenvalue weighted by Gasteiger charge is -2.34. The van der Waals surface area contributed by atoms with Crippen molar-refractivity contribution in [2.75, 3.05) is 0 Å². The van der Waals surface area contributed by atoms with Crippen LogP contribution in [0.5, 0.6) is 0 Å². The van der Waals surface area contributed by atoms with E-state index in [4.69, 9.17) is 15.0 Å². The van der Waals surface area contributed by atoms with Crippen LogP contribution in [0.2, 0.25) is 0 Å². The molecule has 1 aliphatic carbocycles. The number of rotatable bonds is 7. The molecular formula is C60H39N3. The molecule has 0 atom stereocenters. The Morgan fingerprint density at radius 2 is 0.762 bits per heavy atom. The van der Waals surface area contributed by atoms with E-state index < -0.39 is 5.41 Å². The molecule has 2 heterocycles. The quantitative estimate of drug-likeness (QED) is 0.151. The molecule has 63 heavy (non-hydrogen) atoms. The molecule has 0 unspecified atom stereocenters. The minimum atomic E-state index is -0.500. The Labute approximate surface area is 366 Å². The van der Waals surface area contributed by atoms with E-state index in [0.717, 1.165) is 66.8 Å². The summed E-state index contributed by atoms with van der Waals surface area (Å²) in [6.45, 7) is 0. The standard InChI is InChI=1S/C60H39N3/c1-6-20-41(21-7-1)57-53(58(42-22-8-2-9-23-42)63-59(62-57)44-24-10-3-11-25-44)40-34-36-43(37-35-40)56-49-38-39-51-55(54(49)48-31-17-19-33-52(48)61-56)47-30-16-18-32-50(47)60(51,45-26-12-4-13-27-45)46-28-14-5-15-29-46/h1-39H. The van der Waals surface area contributed by atoms with Gasteiger partial charge in [-0.1, -0.05) is 231 Å². The highest BCUT2D eigenvalue weighted by molar-refractivity contribution is 6.19. The molecule has 0 spiro atoms. The van der Waals surface area contributed by atoms with Crippen molar-refractivity contribution in [3.05, 3.63) is 259 Å². The van der Waals surface area contributed by atoms with Gasteiger partial charge in [0.25, 0.3) is 0 Å². The van der Waals surface area contributed by atoms with Crippen LogP contribution < -0.4 is 0 Å². The van der Waals surface area contributed by atoms with E-state index in [2.05, 4.69) is 206 Å². The maximum Gasteiger partial charge on any atom is 0.160 e. The van der Waals surface area contributed by atoms with Crippen molar-refractivity contribution in [3.8, 4) is 67.4 Å². The van der Waals surface area contributed by atoms with E-state index in [1.807, 2.05) is 30.3 Å². The van der Waals surface area contributed by atoms with E-state index in [1.54, 1.807) is 0 Å². The molecule has 0 saturated heterocycles. The summed E-state index contributed by atoms with van der Waals surface area (Å²) in [5.74, 6) is 0.693. The summed E-state index contributed by atoms with van der Waals surface area (Å²) in [5.41, 5.74) is 16.9. The summed E-state index contributed by atoms with van der Waals surface area (Å²) >= 11 is 0. The molecule has 0 bridgehead atoms. The number of hydrogen-bond acceptors (Lipinski definition) is 3. The Bertz CT molecular complexity index is 3360. The molecule has 11 aromatic rings. The van der Waals surface area contributed by atoms with Gasteiger partial charge in [-0.25, -0.2) is 15.0 Å². The van der Waals surface area contributed by atoms with Crippen molar-refractivity contribution in [1.29, 1.82) is 0 Å². The van der Waals surface area contributed by atoms with Crippen LogP contribution in [-0.4, -0.2) is 15.0 Å². The Morgan fingerprint density at radius 3 is 1.37 bits per heavy atom. The molecule has 1 aliphatic rings. The van der Waals surface area contributed by atoms with Crippen LogP contribution in [0.4, 0.5) is 0 Å². The van der Waals surface area contributed by atoms with Gasteiger partial charge in [-0.2, -0.15) is 0 Å². The third-order valence-electron chi connectivity index (χ3n) is 12.8. The molecule has 0 saturated carbocycles. The van der Waals surface area contributed by atoms with Crippen molar-refractivity contribution < 1.29 is 0 Å². The van der Waals surface area contributed by atoms with Crippen LogP contribution in [0.1, 0.15) is 22.3 Å². The average molecular weight is 802 g/mol. The summed E-state index contributed by atoms with van der Waals surface area (Å²) < 4.78 is 0. The second-order valence-electron chi connectivity index (χ2n) is 16.2. The molecule has 0 aliphatic heterocycles. The number of fused-ring (bicyclic) bond motifs is 7. The van der Waals surface area contributed by atoms with E-state index in [-0.39, 0.29) is 0 Å². The Morgan fingerprint density at radius 1 is 0.286 bits per heavy atom. The van der Waals surface area contributed by atoms with Crippen LogP contribution in [-0.2, 0) is 5.41 Å². The number of aromatic nitrogens is 3. The summed E-state index contributed by atoms with van der Waals surface area (Å²) in [5, 5.41) is 3.49. The summed E-state index contributed by atoms with van der Waals surface area (Å²) in [7, 11) is 0. The van der Waals surface area contributed by atoms with Gasteiger partial charge in [0, 0.05) is 44.0 Å². The van der Waals surface area contributed by atoms with Crippen LogP contribution >= 0.6 is 0 Å². The largest absolute Gasteiger partial charge is 0.247 e. The lowest BCUT2D eigenvalue weighted by atomic mass is 9.67. The molecule has 0 N–H and O–H groups in total. The Balaban J connectivity index is 1.09. The fourth-order valence-corrected chi connectivity index (χ4v) is 10.0. The van der Waals surface area contributed by atoms with Crippen LogP contribution in [0, 0.1) is 0 Å². The minimum Gasteiger partial charge on any atom is -0.247 e. The van der Waals surface area contributed by atoms with E-state index in [0.29, 0.717) is 5.82 Å². The third kappa shape index (κ3) is 5.85. The molecule has 9 aromatic carbocycles. The maximum absolute atomic E-state index is 5.46. The van der Waals surface area contributed by atoms with Crippen LogP contribution in [0.25, 0.3) is 89.1 Å². The van der Waals surface area contributed by atoms with Crippen LogP contribution in [0.3, 0.4) is 0 Å². The molecular weight excluding hydrogens is 763 g/mol. The monoisotopic (exact) mass is 801 g/mol. The average Bonchev–Trinajstić information content (AvgIpc) is 3.68. The van der Waals surface area contributed by atoms with Crippen molar-refractivity contribution >= 4 is 21.7 Å². The Hall–Kier alpha value is -8.27. The van der Waals surface area contributed by atoms with Crippen molar-refractivity contribution in [1.82, 2.24) is 15.0 Å². The van der Waals surface area contributed by atoms with E-state index in [9.17, 15) is 0 Å². The number of para-hydroxylation sites is 1. The molecule has 294 valence electrons. The number of benzene rings is 9. The lowest BCUT2D eigenvalue weighted by Crippen LogP contribution is -2.28. The molecule has 0 radical (unpaired) electrons. The first kappa shape index (κ1) is 36.6. The zero-order chi connectivity index (χ0) is 41.7. The fourth-order valence-electron chi connectivity index (χ4n) is 10.0. The predicted octanol–water partition coefficient (Wildman–Crippen LogP) is 14.9. The summed E-state index contributed by atoms with van der Waals surface area (Å²) in [4.78, 5) is 16.1. The first-order chi connectivity index (χ1) is 31.3. The van der Waals surface area contributed by atoms with Crippen molar-refractivity contribution in [3.63, 3.8) is 0 Å². The third-order valence-corrected chi connectivity index (χ3v) is 12.8. The van der Waals surface area contributed by atoms with E-state index in [1.165, 1.54) is 38.8 Å². The first-order valence-electron chi connectivity index (χ1n) is 21.5. The van der Waals surface area contributed by atoms with Gasteiger partial charge in [0.1, 0.15) is 0 Å². The number of nitrogens with zero attached hydrogens (tertiary/aromatic N) is 3. The zero-order valence-corrected chi connectivity index (χ0v) is 34.4. The van der Waals surface area contributed by atoms with E-state index >= 15 is 0 Å². The molecule has 0 fully saturated rings. The highest BCUT2D eigenvalue weighted by Crippen LogP contribution is 2.58. The number of pyridine rings is 1. The lowest BCUT2D eigenvalue weighted by molar-refractivity contribution is 0.769. The van der Waals surface area contributed by atoms with Gasteiger partial charge < -0.3 is 0 Å². The predicted molar refractivity (Wildman–Crippen MR) is 259 cm³/mol. The van der Waals surface area contributed by atoms with Gasteiger partial charge in [0.05, 0.1) is 28.0 Å². The van der Waals surface area contributed by atoms with Crippen LogP contribution in [0.15, 0.2) is 237 Å². The first-order valence-corrected chi connectivity index (χ1v) is 21.5. The van der Waals surface area contributed by atoms with Crippen molar-refractivity contribution in [2.24, 2.45) is 0 Å². The topological polar surface area (TPSA) is 38.7 Å². The second-order valence-corrected chi connectivity index (χ2v) is 16.2. The SMILES string of the molecule is c1ccc(-c2nc(-c3ccccc3)c(-c3ccc(-c4nc5ccccc5c5c6c(ccc45)C(c4ccccc4)(c4ccccc4)c4ccccc4-6)cc3)c(-c3ccccc3)n2)cc1. The second kappa shape index (κ2) is 15.0. The Kier molecular flexibility index (Phi) is 8.72. The van der Waals surface area contributed by atoms with Crippen molar-refractivity contribution in [2.45, 2.75) is 5.41 Å². The van der Waals surface area contributed by atoms with Gasteiger partial charge >= 0.3 is 0 Å². The fraction of sp³-hybridized carbons (Fsp3) is 0.0167. The van der Waals surface area contributed by atoms with Gasteiger partial charge in [0.2, 0.25) is 0 Å². The molecule has 2 aromatic heterocycles. The van der Waals surface area contributed by atoms with Gasteiger partial charge in [-0.15, -0.1) is 0 Å². The molecule has 3 nitrogen and oxygen atoms in total. The molecule has 0 amide bonds. The zero-order valence-electron chi connectivity index (χ0n) is 34.4. The van der Waals surface area contributed by atoms with Gasteiger partial charge in [0.15, 0.2) is 5.82 Å². The maximum atomic E-state index is 5.46. The number of hydrogen-bond donors (Lipinski definition) is 0. The highest BCUT2D eigenvalue weighted by Gasteiger charge is 2.46. The molecule has 3 heteroatoms. The van der Waals surface area contributed by atoms with Gasteiger partial charge in [-0.3, -0.25) is 0 Å². The summed E-state index contributed by atoms with van der Waals surface area (Å²) in [6.07, 6.45) is 0. The highest BCUT2D eigenvalue weighted by atomic mass is 14.9. The van der Waals surface area contributed by atoms with Gasteiger partial charge in [-0.05, 0) is 45.0 Å². The summed E-state index contributed by atoms with van der Waals surface area (Å²) in [6, 6.07) is 84.4. The minimum absolute atomic E-state index is 0.500. The normalized spacial score (nSPS) is 12.6.